The normalized spacial score (nSPS) is 11.1. The molecule has 0 spiro atoms. The van der Waals surface area contributed by atoms with E-state index in [0.717, 1.165) is 39.0 Å². The van der Waals surface area contributed by atoms with Crippen LogP contribution in [0.4, 0.5) is 5.69 Å². The number of H-pyrrole nitrogens is 1. The Morgan fingerprint density at radius 1 is 1.21 bits per heavy atom. The molecule has 3 rings (SSSR count). The van der Waals surface area contributed by atoms with E-state index in [1.807, 2.05) is 56.4 Å². The van der Waals surface area contributed by atoms with Crippen molar-refractivity contribution < 1.29 is 9.53 Å². The first kappa shape index (κ1) is 15.9. The molecule has 24 heavy (non-hydrogen) atoms. The van der Waals surface area contributed by atoms with E-state index in [1.165, 1.54) is 0 Å². The summed E-state index contributed by atoms with van der Waals surface area (Å²) in [5, 5.41) is 3.94. The number of amides is 1. The minimum Gasteiger partial charge on any atom is -0.497 e. The zero-order chi connectivity index (χ0) is 17.1. The number of nitrogens with one attached hydrogen (secondary N) is 2. The Morgan fingerprint density at radius 3 is 2.83 bits per heavy atom. The van der Waals surface area contributed by atoms with E-state index in [1.54, 1.807) is 19.3 Å². The lowest BCUT2D eigenvalue weighted by atomic mass is 10.1. The van der Waals surface area contributed by atoms with Gasteiger partial charge in [0.2, 0.25) is 5.91 Å². The fourth-order valence-electron chi connectivity index (χ4n) is 2.61. The second kappa shape index (κ2) is 6.62. The van der Waals surface area contributed by atoms with Crippen molar-refractivity contribution in [3.8, 4) is 5.75 Å². The summed E-state index contributed by atoms with van der Waals surface area (Å²) in [4.78, 5) is 15.4. The van der Waals surface area contributed by atoms with Gasteiger partial charge in [0.15, 0.2) is 0 Å². The highest BCUT2D eigenvalue weighted by Crippen LogP contribution is 2.24. The van der Waals surface area contributed by atoms with Gasteiger partial charge in [-0.05, 0) is 55.3 Å². The van der Waals surface area contributed by atoms with Gasteiger partial charge in [-0.15, -0.1) is 0 Å². The molecule has 0 bridgehead atoms. The predicted molar refractivity (Wildman–Crippen MR) is 98.4 cm³/mol. The zero-order valence-electron chi connectivity index (χ0n) is 14.0. The van der Waals surface area contributed by atoms with E-state index < -0.39 is 0 Å². The highest BCUT2D eigenvalue weighted by Gasteiger charge is 2.05. The minimum atomic E-state index is -0.152. The Kier molecular flexibility index (Phi) is 4.38. The van der Waals surface area contributed by atoms with Gasteiger partial charge in [0.05, 0.1) is 7.11 Å². The first-order valence-electron chi connectivity index (χ1n) is 7.79. The van der Waals surface area contributed by atoms with Crippen LogP contribution in [0.1, 0.15) is 16.7 Å². The molecule has 0 saturated carbocycles. The van der Waals surface area contributed by atoms with Crippen LogP contribution in [0.15, 0.2) is 48.7 Å². The molecule has 4 nitrogen and oxygen atoms in total. The molecule has 2 N–H and O–H groups in total. The second-order valence-corrected chi connectivity index (χ2v) is 5.73. The molecule has 0 unspecified atom stereocenters. The Morgan fingerprint density at radius 2 is 2.04 bits per heavy atom. The summed E-state index contributed by atoms with van der Waals surface area (Å²) in [5.74, 6) is 0.637. The van der Waals surface area contributed by atoms with E-state index >= 15 is 0 Å². The van der Waals surface area contributed by atoms with Crippen LogP contribution in [-0.4, -0.2) is 18.0 Å². The van der Waals surface area contributed by atoms with E-state index in [-0.39, 0.29) is 5.91 Å². The van der Waals surface area contributed by atoms with Crippen molar-refractivity contribution in [1.82, 2.24) is 4.98 Å². The van der Waals surface area contributed by atoms with Gasteiger partial charge in [0.25, 0.3) is 0 Å². The lowest BCUT2D eigenvalue weighted by molar-refractivity contribution is -0.111. The first-order valence-corrected chi connectivity index (χ1v) is 7.79. The lowest BCUT2D eigenvalue weighted by Crippen LogP contribution is -2.09. The number of hydrogen-bond acceptors (Lipinski definition) is 2. The van der Waals surface area contributed by atoms with Gasteiger partial charge in [0.1, 0.15) is 5.75 Å². The van der Waals surface area contributed by atoms with E-state index in [2.05, 4.69) is 10.3 Å². The van der Waals surface area contributed by atoms with Crippen molar-refractivity contribution in [2.45, 2.75) is 13.8 Å². The molecule has 0 atom stereocenters. The number of hydrogen-bond donors (Lipinski definition) is 2. The number of carbonyl (C=O) groups is 1. The minimum absolute atomic E-state index is 0.152. The number of carbonyl (C=O) groups excluding carboxylic acids is 1. The fraction of sp³-hybridized carbons (Fsp3) is 0.150. The number of ether oxygens (including phenoxy) is 1. The number of aromatic amines is 1. The largest absolute Gasteiger partial charge is 0.497 e. The molecule has 122 valence electrons. The van der Waals surface area contributed by atoms with E-state index in [0.29, 0.717) is 0 Å². The number of benzene rings is 2. The van der Waals surface area contributed by atoms with Gasteiger partial charge in [-0.1, -0.05) is 12.1 Å². The molecule has 0 aliphatic carbocycles. The van der Waals surface area contributed by atoms with Gasteiger partial charge >= 0.3 is 0 Å². The molecule has 0 aliphatic rings. The molecule has 1 heterocycles. The summed E-state index contributed by atoms with van der Waals surface area (Å²) in [6, 6.07) is 11.7. The van der Waals surface area contributed by atoms with Crippen molar-refractivity contribution in [3.05, 3.63) is 65.4 Å². The van der Waals surface area contributed by atoms with Crippen LogP contribution in [0.2, 0.25) is 0 Å². The van der Waals surface area contributed by atoms with Crippen LogP contribution in [0.25, 0.3) is 17.0 Å². The third-order valence-electron chi connectivity index (χ3n) is 4.20. The van der Waals surface area contributed by atoms with Crippen LogP contribution >= 0.6 is 0 Å². The molecule has 0 fully saturated rings. The van der Waals surface area contributed by atoms with Crippen molar-refractivity contribution >= 4 is 28.6 Å². The summed E-state index contributed by atoms with van der Waals surface area (Å²) in [6.45, 7) is 4.03. The quantitative estimate of drug-likeness (QED) is 0.698. The Bertz CT molecular complexity index is 923. The van der Waals surface area contributed by atoms with Crippen LogP contribution in [0, 0.1) is 13.8 Å². The molecule has 4 heteroatoms. The maximum Gasteiger partial charge on any atom is 0.248 e. The van der Waals surface area contributed by atoms with Crippen LogP contribution in [0.3, 0.4) is 0 Å². The lowest BCUT2D eigenvalue weighted by Gasteiger charge is -2.08. The number of aryl methyl sites for hydroxylation is 1. The molecule has 0 saturated heterocycles. The molecule has 2 aromatic carbocycles. The average molecular weight is 320 g/mol. The highest BCUT2D eigenvalue weighted by atomic mass is 16.5. The van der Waals surface area contributed by atoms with Gasteiger partial charge in [-0.25, -0.2) is 0 Å². The van der Waals surface area contributed by atoms with Crippen molar-refractivity contribution in [2.75, 3.05) is 12.4 Å². The van der Waals surface area contributed by atoms with Crippen molar-refractivity contribution in [3.63, 3.8) is 0 Å². The summed E-state index contributed by atoms with van der Waals surface area (Å²) in [6.07, 6.45) is 5.23. The molecule has 0 aliphatic heterocycles. The zero-order valence-corrected chi connectivity index (χ0v) is 14.0. The molecular weight excluding hydrogens is 300 g/mol. The summed E-state index contributed by atoms with van der Waals surface area (Å²) >= 11 is 0. The summed E-state index contributed by atoms with van der Waals surface area (Å²) in [5.41, 5.74) is 5.02. The number of methoxy groups -OCH3 is 1. The van der Waals surface area contributed by atoms with Crippen LogP contribution in [0.5, 0.6) is 5.75 Å². The third-order valence-corrected chi connectivity index (χ3v) is 4.20. The topological polar surface area (TPSA) is 54.1 Å². The molecule has 1 aromatic heterocycles. The van der Waals surface area contributed by atoms with Gasteiger partial charge in [0, 0.05) is 34.4 Å². The maximum absolute atomic E-state index is 12.2. The van der Waals surface area contributed by atoms with Gasteiger partial charge in [-0.3, -0.25) is 4.79 Å². The number of anilines is 1. The summed E-state index contributed by atoms with van der Waals surface area (Å²) < 4.78 is 5.26. The van der Waals surface area contributed by atoms with E-state index in [4.69, 9.17) is 4.74 Å². The monoisotopic (exact) mass is 320 g/mol. The standard InChI is InChI=1S/C20H20N2O2/c1-13-5-4-6-18(14(13)2)22-20(23)10-7-15-12-21-19-9-8-16(24-3)11-17(15)19/h4-12,21H,1-3H3,(H,22,23). The smallest absolute Gasteiger partial charge is 0.248 e. The Balaban J connectivity index is 1.80. The highest BCUT2D eigenvalue weighted by molar-refractivity contribution is 6.04. The fourth-order valence-corrected chi connectivity index (χ4v) is 2.61. The number of rotatable bonds is 4. The SMILES string of the molecule is COc1ccc2[nH]cc(C=CC(=O)Nc3cccc(C)c3C)c2c1. The predicted octanol–water partition coefficient (Wildman–Crippen LogP) is 4.45. The summed E-state index contributed by atoms with van der Waals surface area (Å²) in [7, 11) is 1.64. The van der Waals surface area contributed by atoms with E-state index in [9.17, 15) is 4.79 Å². The Hall–Kier alpha value is -3.01. The van der Waals surface area contributed by atoms with Crippen molar-refractivity contribution in [1.29, 1.82) is 0 Å². The number of fused-ring (bicyclic) bond motifs is 1. The first-order chi connectivity index (χ1) is 11.6. The maximum atomic E-state index is 12.2. The van der Waals surface area contributed by atoms with Gasteiger partial charge < -0.3 is 15.0 Å². The second-order valence-electron chi connectivity index (χ2n) is 5.73. The van der Waals surface area contributed by atoms with Crippen LogP contribution < -0.4 is 10.1 Å². The molecule has 3 aromatic rings. The van der Waals surface area contributed by atoms with Crippen LogP contribution in [-0.2, 0) is 4.79 Å². The molecular formula is C20H20N2O2. The molecule has 1 amide bonds. The average Bonchev–Trinajstić information content (AvgIpc) is 2.99. The third kappa shape index (κ3) is 3.18. The molecule has 0 radical (unpaired) electrons. The number of aromatic nitrogens is 1. The van der Waals surface area contributed by atoms with Gasteiger partial charge in [-0.2, -0.15) is 0 Å². The Labute approximate surface area is 141 Å². The van der Waals surface area contributed by atoms with Crippen molar-refractivity contribution in [2.24, 2.45) is 0 Å².